The fourth-order valence-electron chi connectivity index (χ4n) is 4.03. The van der Waals surface area contributed by atoms with Crippen molar-refractivity contribution in [2.24, 2.45) is 0 Å². The van der Waals surface area contributed by atoms with Crippen LogP contribution in [-0.4, -0.2) is 4.98 Å². The molecule has 4 aromatic carbocycles. The Bertz CT molecular complexity index is 1400. The van der Waals surface area contributed by atoms with Gasteiger partial charge in [0.25, 0.3) is 0 Å². The van der Waals surface area contributed by atoms with Crippen LogP contribution in [0.3, 0.4) is 0 Å². The Labute approximate surface area is 154 Å². The molecule has 0 amide bonds. The quantitative estimate of drug-likeness (QED) is 0.299. The molecule has 0 unspecified atom stereocenters. The van der Waals surface area contributed by atoms with Gasteiger partial charge in [-0.05, 0) is 45.1 Å². The lowest BCUT2D eigenvalue weighted by Crippen LogP contribution is -1.80. The largest absolute Gasteiger partial charge is 0.360 e. The third kappa shape index (κ3) is 1.91. The van der Waals surface area contributed by atoms with Crippen molar-refractivity contribution in [1.29, 1.82) is 0 Å². The summed E-state index contributed by atoms with van der Waals surface area (Å²) in [5, 5.41) is 7.87. The van der Waals surface area contributed by atoms with E-state index in [2.05, 4.69) is 90.0 Å². The van der Waals surface area contributed by atoms with E-state index in [1.54, 1.807) is 0 Å². The predicted molar refractivity (Wildman–Crippen MR) is 114 cm³/mol. The van der Waals surface area contributed by atoms with Gasteiger partial charge in [0.1, 0.15) is 0 Å². The second kappa shape index (κ2) is 5.20. The molecule has 2 aromatic heterocycles. The fraction of sp³-hybridized carbons (Fsp3) is 0. The number of benzene rings is 4. The van der Waals surface area contributed by atoms with Crippen LogP contribution in [0.25, 0.3) is 53.0 Å². The molecule has 0 radical (unpaired) electrons. The molecule has 1 nitrogen and oxygen atoms in total. The minimum atomic E-state index is 1.20. The van der Waals surface area contributed by atoms with Crippen LogP contribution in [-0.2, 0) is 0 Å². The van der Waals surface area contributed by atoms with Crippen LogP contribution in [0.2, 0.25) is 0 Å². The summed E-state index contributed by atoms with van der Waals surface area (Å²) in [5.41, 5.74) is 2.49. The van der Waals surface area contributed by atoms with Gasteiger partial charge in [0.15, 0.2) is 0 Å². The number of hydrogen-bond acceptors (Lipinski definition) is 1. The highest BCUT2D eigenvalue weighted by molar-refractivity contribution is 7.22. The van der Waals surface area contributed by atoms with Crippen molar-refractivity contribution in [2.45, 2.75) is 0 Å². The highest BCUT2D eigenvalue weighted by Crippen LogP contribution is 2.41. The van der Waals surface area contributed by atoms with Crippen molar-refractivity contribution in [3.63, 3.8) is 0 Å². The maximum atomic E-state index is 3.49. The minimum Gasteiger partial charge on any atom is -0.360 e. The van der Waals surface area contributed by atoms with Crippen LogP contribution in [0.5, 0.6) is 0 Å². The molecule has 2 heterocycles. The smallest absolute Gasteiger partial charge is 0.0467 e. The maximum absolute atomic E-state index is 3.49. The third-order valence-corrected chi connectivity index (χ3v) is 6.39. The molecule has 0 aliphatic heterocycles. The summed E-state index contributed by atoms with van der Waals surface area (Å²) < 4.78 is 1.34. The topological polar surface area (TPSA) is 15.8 Å². The summed E-state index contributed by atoms with van der Waals surface area (Å²) >= 11 is 1.86. The number of fused-ring (bicyclic) bond motifs is 6. The molecule has 0 aliphatic rings. The molecule has 0 saturated heterocycles. The molecule has 2 heteroatoms. The normalized spacial score (nSPS) is 11.8. The first-order valence-electron chi connectivity index (χ1n) is 8.79. The van der Waals surface area contributed by atoms with Gasteiger partial charge in [-0.2, -0.15) is 0 Å². The summed E-state index contributed by atoms with van der Waals surface area (Å²) in [6.45, 7) is 0. The van der Waals surface area contributed by atoms with E-state index >= 15 is 0 Å². The summed E-state index contributed by atoms with van der Waals surface area (Å²) in [6, 6.07) is 28.5. The van der Waals surface area contributed by atoms with Crippen molar-refractivity contribution in [3.8, 4) is 10.4 Å². The van der Waals surface area contributed by atoms with Gasteiger partial charge in [0.2, 0.25) is 0 Å². The Morgan fingerprint density at radius 3 is 2.35 bits per heavy atom. The van der Waals surface area contributed by atoms with Crippen LogP contribution in [0.4, 0.5) is 0 Å². The van der Waals surface area contributed by atoms with Gasteiger partial charge in [-0.1, -0.05) is 60.7 Å². The standard InChI is InChI=1S/C24H15NS/c1-3-7-18-15(5-1)9-10-16-11-12-20-24(23(16)18)19(14-25-20)22-13-17-6-2-4-8-21(17)26-22/h1-14,25H. The summed E-state index contributed by atoms with van der Waals surface area (Å²) in [5.74, 6) is 0. The highest BCUT2D eigenvalue weighted by atomic mass is 32.1. The lowest BCUT2D eigenvalue weighted by atomic mass is 9.97. The van der Waals surface area contributed by atoms with Crippen LogP contribution in [0.1, 0.15) is 0 Å². The van der Waals surface area contributed by atoms with E-state index in [0.29, 0.717) is 0 Å². The Balaban J connectivity index is 1.79. The van der Waals surface area contributed by atoms with Crippen molar-refractivity contribution < 1.29 is 0 Å². The van der Waals surface area contributed by atoms with Gasteiger partial charge < -0.3 is 4.98 Å². The number of hydrogen-bond donors (Lipinski definition) is 1. The number of aromatic nitrogens is 1. The van der Waals surface area contributed by atoms with E-state index in [4.69, 9.17) is 0 Å². The van der Waals surface area contributed by atoms with E-state index in [0.717, 1.165) is 0 Å². The average molecular weight is 349 g/mol. The average Bonchev–Trinajstić information content (AvgIpc) is 3.31. The number of aromatic amines is 1. The Hall–Kier alpha value is -3.10. The second-order valence-corrected chi connectivity index (χ2v) is 7.81. The van der Waals surface area contributed by atoms with Crippen molar-refractivity contribution in [2.75, 3.05) is 0 Å². The number of rotatable bonds is 1. The first-order valence-corrected chi connectivity index (χ1v) is 9.61. The predicted octanol–water partition coefficient (Wildman–Crippen LogP) is 7.36. The Morgan fingerprint density at radius 1 is 0.654 bits per heavy atom. The lowest BCUT2D eigenvalue weighted by molar-refractivity contribution is 1.48. The molecule has 0 fully saturated rings. The number of thiophene rings is 1. The molecule has 0 atom stereocenters. The minimum absolute atomic E-state index is 1.20. The van der Waals surface area contributed by atoms with Crippen LogP contribution >= 0.6 is 11.3 Å². The van der Waals surface area contributed by atoms with Crippen molar-refractivity contribution in [1.82, 2.24) is 4.98 Å². The molecule has 0 bridgehead atoms. The first-order chi connectivity index (χ1) is 12.9. The van der Waals surface area contributed by atoms with Gasteiger partial charge >= 0.3 is 0 Å². The van der Waals surface area contributed by atoms with Crippen molar-refractivity contribution >= 4 is 53.9 Å². The van der Waals surface area contributed by atoms with E-state index in [9.17, 15) is 0 Å². The van der Waals surface area contributed by atoms with Gasteiger partial charge in [0.05, 0.1) is 0 Å². The van der Waals surface area contributed by atoms with Gasteiger partial charge in [-0.3, -0.25) is 0 Å². The van der Waals surface area contributed by atoms with E-state index in [1.807, 2.05) is 11.3 Å². The zero-order chi connectivity index (χ0) is 17.1. The molecule has 0 spiro atoms. The number of nitrogens with one attached hydrogen (secondary N) is 1. The molecule has 0 aliphatic carbocycles. The molecule has 6 rings (SSSR count). The Morgan fingerprint density at radius 2 is 1.42 bits per heavy atom. The molecular formula is C24H15NS. The SMILES string of the molecule is c1ccc2sc(-c3c[nH]c4ccc5ccc6ccccc6c5c34)cc2c1. The van der Waals surface area contributed by atoms with Crippen LogP contribution in [0.15, 0.2) is 85.1 Å². The Kier molecular flexibility index (Phi) is 2.82. The van der Waals surface area contributed by atoms with Gasteiger partial charge in [-0.25, -0.2) is 0 Å². The molecule has 0 saturated carbocycles. The molecule has 26 heavy (non-hydrogen) atoms. The van der Waals surface area contributed by atoms with Crippen LogP contribution in [0, 0.1) is 0 Å². The van der Waals surface area contributed by atoms with E-state index < -0.39 is 0 Å². The van der Waals surface area contributed by atoms with Crippen molar-refractivity contribution in [3.05, 3.63) is 85.1 Å². The zero-order valence-electron chi connectivity index (χ0n) is 14.0. The molecule has 6 aromatic rings. The van der Waals surface area contributed by atoms with E-state index in [1.165, 1.54) is 53.0 Å². The number of H-pyrrole nitrogens is 1. The molecule has 122 valence electrons. The monoisotopic (exact) mass is 349 g/mol. The lowest BCUT2D eigenvalue weighted by Gasteiger charge is -2.07. The zero-order valence-corrected chi connectivity index (χ0v) is 14.8. The summed E-state index contributed by atoms with van der Waals surface area (Å²) in [7, 11) is 0. The molecular weight excluding hydrogens is 334 g/mol. The maximum Gasteiger partial charge on any atom is 0.0467 e. The fourth-order valence-corrected chi connectivity index (χ4v) is 5.11. The highest BCUT2D eigenvalue weighted by Gasteiger charge is 2.14. The van der Waals surface area contributed by atoms with Gasteiger partial charge in [-0.15, -0.1) is 11.3 Å². The van der Waals surface area contributed by atoms with Crippen LogP contribution < -0.4 is 0 Å². The first kappa shape index (κ1) is 14.1. The second-order valence-electron chi connectivity index (χ2n) is 6.72. The molecule has 1 N–H and O–H groups in total. The summed E-state index contributed by atoms with van der Waals surface area (Å²) in [4.78, 5) is 4.81. The summed E-state index contributed by atoms with van der Waals surface area (Å²) in [6.07, 6.45) is 2.16. The van der Waals surface area contributed by atoms with Gasteiger partial charge in [0, 0.05) is 32.2 Å². The third-order valence-electron chi connectivity index (χ3n) is 5.24. The van der Waals surface area contributed by atoms with E-state index in [-0.39, 0.29) is 0 Å².